The highest BCUT2D eigenvalue weighted by Crippen LogP contribution is 2.49. The van der Waals surface area contributed by atoms with E-state index in [9.17, 15) is 14.7 Å². The van der Waals surface area contributed by atoms with Crippen molar-refractivity contribution < 1.29 is 24.2 Å². The Bertz CT molecular complexity index is 928. The Morgan fingerprint density at radius 3 is 2.38 bits per heavy atom. The van der Waals surface area contributed by atoms with Gasteiger partial charge in [-0.1, -0.05) is 48.5 Å². The fourth-order valence-corrected chi connectivity index (χ4v) is 5.33. The first-order valence-corrected chi connectivity index (χ1v) is 10.0. The zero-order chi connectivity index (χ0) is 20.0. The lowest BCUT2D eigenvalue weighted by Crippen LogP contribution is -2.66. The van der Waals surface area contributed by atoms with Crippen molar-refractivity contribution in [2.24, 2.45) is 5.92 Å². The number of amides is 1. The highest BCUT2D eigenvalue weighted by Gasteiger charge is 2.58. The average Bonchev–Trinajstić information content (AvgIpc) is 3.24. The molecule has 1 amide bonds. The number of nitrogens with one attached hydrogen (secondary N) is 1. The van der Waals surface area contributed by atoms with Gasteiger partial charge >= 0.3 is 12.1 Å². The minimum absolute atomic E-state index is 0.0208. The number of hydrogen-bond acceptors (Lipinski definition) is 4. The number of alkyl carbamates (subject to hydrolysis) is 1. The molecule has 0 spiro atoms. The Balaban J connectivity index is 1.30. The number of carbonyl (C=O) groups is 2. The summed E-state index contributed by atoms with van der Waals surface area (Å²) < 4.78 is 11.2. The molecule has 3 aliphatic rings. The second kappa shape index (κ2) is 6.88. The van der Waals surface area contributed by atoms with Crippen LogP contribution in [0.4, 0.5) is 4.79 Å². The van der Waals surface area contributed by atoms with Crippen molar-refractivity contribution in [3.05, 3.63) is 59.7 Å². The third-order valence-corrected chi connectivity index (χ3v) is 6.65. The van der Waals surface area contributed by atoms with Crippen LogP contribution in [-0.4, -0.2) is 42.0 Å². The third kappa shape index (κ3) is 2.99. The predicted octanol–water partition coefficient (Wildman–Crippen LogP) is 3.55. The van der Waals surface area contributed by atoms with Crippen LogP contribution in [-0.2, 0) is 14.3 Å². The van der Waals surface area contributed by atoms with Gasteiger partial charge in [0, 0.05) is 18.4 Å². The Morgan fingerprint density at radius 2 is 1.76 bits per heavy atom. The van der Waals surface area contributed by atoms with E-state index in [1.165, 1.54) is 11.1 Å². The van der Waals surface area contributed by atoms with Crippen LogP contribution in [0.25, 0.3) is 11.1 Å². The third-order valence-electron chi connectivity index (χ3n) is 6.65. The van der Waals surface area contributed by atoms with Crippen molar-refractivity contribution in [3.8, 4) is 11.1 Å². The van der Waals surface area contributed by atoms with Crippen LogP contribution in [0, 0.1) is 5.92 Å². The molecule has 2 aromatic rings. The van der Waals surface area contributed by atoms with Gasteiger partial charge < -0.3 is 19.9 Å². The van der Waals surface area contributed by atoms with Gasteiger partial charge in [-0.3, -0.25) is 4.79 Å². The van der Waals surface area contributed by atoms with E-state index in [2.05, 4.69) is 29.6 Å². The van der Waals surface area contributed by atoms with Gasteiger partial charge in [-0.15, -0.1) is 0 Å². The van der Waals surface area contributed by atoms with Gasteiger partial charge in [0.25, 0.3) is 0 Å². The Kier molecular flexibility index (Phi) is 4.32. The molecule has 6 heteroatoms. The zero-order valence-electron chi connectivity index (χ0n) is 16.0. The topological polar surface area (TPSA) is 84.9 Å². The van der Waals surface area contributed by atoms with Crippen molar-refractivity contribution in [1.82, 2.24) is 5.32 Å². The number of rotatable bonds is 5. The van der Waals surface area contributed by atoms with Crippen LogP contribution in [0.2, 0.25) is 0 Å². The maximum Gasteiger partial charge on any atom is 0.407 e. The number of carbonyl (C=O) groups excluding carboxylic acids is 1. The van der Waals surface area contributed by atoms with E-state index >= 15 is 0 Å². The van der Waals surface area contributed by atoms with Crippen LogP contribution in [0.3, 0.4) is 0 Å². The summed E-state index contributed by atoms with van der Waals surface area (Å²) in [5, 5.41) is 12.2. The van der Waals surface area contributed by atoms with Crippen molar-refractivity contribution in [1.29, 1.82) is 0 Å². The molecule has 1 saturated carbocycles. The molecule has 0 aromatic heterocycles. The Morgan fingerprint density at radius 1 is 1.10 bits per heavy atom. The average molecular weight is 393 g/mol. The van der Waals surface area contributed by atoms with Gasteiger partial charge in [0.05, 0.1) is 18.1 Å². The first-order valence-electron chi connectivity index (χ1n) is 10.0. The maximum atomic E-state index is 12.6. The molecule has 6 nitrogen and oxygen atoms in total. The molecule has 0 bridgehead atoms. The molecule has 2 aliphatic carbocycles. The second-order valence-electron chi connectivity index (χ2n) is 8.19. The zero-order valence-corrected chi connectivity index (χ0v) is 16.0. The van der Waals surface area contributed by atoms with E-state index in [1.807, 2.05) is 24.3 Å². The minimum atomic E-state index is -0.922. The standard InChI is InChI=1S/C23H23NO5/c25-21(26)12-23(11-20-19(23)9-10-28-20)24-22(27)29-13-18-16-7-3-1-5-14(16)15-6-2-4-8-17(15)18/h1-8,18-20H,9-13H2,(H,24,27)(H,25,26)/t19-,20-,23?/m0/s1. The van der Waals surface area contributed by atoms with Crippen molar-refractivity contribution >= 4 is 12.1 Å². The normalized spacial score (nSPS) is 26.8. The van der Waals surface area contributed by atoms with Gasteiger partial charge in [-0.05, 0) is 35.1 Å². The summed E-state index contributed by atoms with van der Waals surface area (Å²) in [6.07, 6.45) is 0.666. The molecule has 1 aliphatic heterocycles. The lowest BCUT2D eigenvalue weighted by Gasteiger charge is -2.50. The molecule has 0 radical (unpaired) electrons. The Labute approximate surface area is 168 Å². The smallest absolute Gasteiger partial charge is 0.407 e. The van der Waals surface area contributed by atoms with Crippen LogP contribution in [0.5, 0.6) is 0 Å². The number of ether oxygens (including phenoxy) is 2. The van der Waals surface area contributed by atoms with Crippen LogP contribution < -0.4 is 5.32 Å². The molecular formula is C23H23NO5. The number of carboxylic acid groups (broad SMARTS) is 1. The minimum Gasteiger partial charge on any atom is -0.481 e. The fraction of sp³-hybridized carbons (Fsp3) is 0.391. The van der Waals surface area contributed by atoms with Gasteiger partial charge in [0.15, 0.2) is 0 Å². The van der Waals surface area contributed by atoms with E-state index in [0.717, 1.165) is 17.5 Å². The fourth-order valence-electron chi connectivity index (χ4n) is 5.33. The van der Waals surface area contributed by atoms with Crippen LogP contribution >= 0.6 is 0 Å². The Hall–Kier alpha value is -2.86. The summed E-state index contributed by atoms with van der Waals surface area (Å²) >= 11 is 0. The predicted molar refractivity (Wildman–Crippen MR) is 106 cm³/mol. The monoisotopic (exact) mass is 393 g/mol. The molecule has 2 N–H and O–H groups in total. The van der Waals surface area contributed by atoms with Crippen LogP contribution in [0.1, 0.15) is 36.3 Å². The summed E-state index contributed by atoms with van der Waals surface area (Å²) in [6.45, 7) is 0.830. The number of aliphatic carboxylic acids is 1. The van der Waals surface area contributed by atoms with Crippen molar-refractivity contribution in [3.63, 3.8) is 0 Å². The number of hydrogen-bond donors (Lipinski definition) is 2. The first kappa shape index (κ1) is 18.2. The summed E-state index contributed by atoms with van der Waals surface area (Å²) in [4.78, 5) is 24.0. The molecule has 1 heterocycles. The van der Waals surface area contributed by atoms with Crippen LogP contribution in [0.15, 0.2) is 48.5 Å². The lowest BCUT2D eigenvalue weighted by atomic mass is 9.62. The SMILES string of the molecule is O=C(O)CC1(NC(=O)OCC2c3ccccc3-c3ccccc32)C[C@@H]2OCC[C@@H]21. The molecule has 5 rings (SSSR count). The highest BCUT2D eigenvalue weighted by atomic mass is 16.5. The van der Waals surface area contributed by atoms with Crippen molar-refractivity contribution in [2.45, 2.75) is 36.8 Å². The van der Waals surface area contributed by atoms with Crippen molar-refractivity contribution in [2.75, 3.05) is 13.2 Å². The quantitative estimate of drug-likeness (QED) is 0.812. The maximum absolute atomic E-state index is 12.6. The number of carboxylic acids is 1. The molecule has 1 unspecified atom stereocenters. The molecule has 2 fully saturated rings. The molecular weight excluding hydrogens is 370 g/mol. The largest absolute Gasteiger partial charge is 0.481 e. The van der Waals surface area contributed by atoms with Gasteiger partial charge in [0.2, 0.25) is 0 Å². The molecule has 29 heavy (non-hydrogen) atoms. The molecule has 150 valence electrons. The van der Waals surface area contributed by atoms with E-state index in [0.29, 0.717) is 13.0 Å². The summed E-state index contributed by atoms with van der Waals surface area (Å²) in [6, 6.07) is 16.3. The summed E-state index contributed by atoms with van der Waals surface area (Å²) in [5.41, 5.74) is 3.87. The van der Waals surface area contributed by atoms with E-state index in [1.54, 1.807) is 0 Å². The van der Waals surface area contributed by atoms with Gasteiger partial charge in [0.1, 0.15) is 6.61 Å². The summed E-state index contributed by atoms with van der Waals surface area (Å²) in [5.74, 6) is -0.902. The van der Waals surface area contributed by atoms with Gasteiger partial charge in [-0.2, -0.15) is 0 Å². The van der Waals surface area contributed by atoms with E-state index < -0.39 is 17.6 Å². The lowest BCUT2D eigenvalue weighted by molar-refractivity contribution is -0.143. The summed E-state index contributed by atoms with van der Waals surface area (Å²) in [7, 11) is 0. The van der Waals surface area contributed by atoms with E-state index in [-0.39, 0.29) is 31.0 Å². The van der Waals surface area contributed by atoms with E-state index in [4.69, 9.17) is 9.47 Å². The number of benzene rings is 2. The molecule has 2 aromatic carbocycles. The molecule has 1 saturated heterocycles. The second-order valence-corrected chi connectivity index (χ2v) is 8.19. The highest BCUT2D eigenvalue weighted by molar-refractivity contribution is 5.79. The van der Waals surface area contributed by atoms with Gasteiger partial charge in [-0.25, -0.2) is 4.79 Å². The first-order chi connectivity index (χ1) is 14.1. The number of fused-ring (bicyclic) bond motifs is 4. The molecule has 3 atom stereocenters.